The van der Waals surface area contributed by atoms with E-state index in [9.17, 15) is 10.2 Å². The molecule has 1 aromatic heterocycles. The zero-order chi connectivity index (χ0) is 45.6. The highest BCUT2D eigenvalue weighted by molar-refractivity contribution is 7.89. The lowest BCUT2D eigenvalue weighted by atomic mass is 9.55. The van der Waals surface area contributed by atoms with E-state index >= 15 is 8.42 Å². The molecular weight excluding hydrogens is 843 g/mol. The predicted octanol–water partition coefficient (Wildman–Crippen LogP) is 9.91. The molecule has 4 aliphatic rings. The minimum atomic E-state index is -4.29. The third-order valence-electron chi connectivity index (χ3n) is 13.8. The van der Waals surface area contributed by atoms with Crippen molar-refractivity contribution < 1.29 is 42.4 Å². The molecule has 1 saturated carbocycles. The normalized spacial score (nSPS) is 25.7. The monoisotopic (exact) mass is 907 g/mol. The summed E-state index contributed by atoms with van der Waals surface area (Å²) < 4.78 is 60.0. The molecule has 0 radical (unpaired) electrons. The number of aliphatic hydroxyl groups is 2. The Morgan fingerprint density at radius 3 is 2.51 bits per heavy atom. The number of nitrogens with zero attached hydrogens (tertiary/aromatic N) is 3. The summed E-state index contributed by atoms with van der Waals surface area (Å²) in [6.07, 6.45) is 12.8. The van der Waals surface area contributed by atoms with E-state index in [0.29, 0.717) is 60.4 Å². The summed E-state index contributed by atoms with van der Waals surface area (Å²) in [5, 5.41) is 25.7. The van der Waals surface area contributed by atoms with Crippen LogP contribution >= 0.6 is 0 Å². The van der Waals surface area contributed by atoms with Crippen LogP contribution < -0.4 is 9.47 Å². The van der Waals surface area contributed by atoms with Gasteiger partial charge in [-0.15, -0.1) is 6.58 Å². The molecular formula is C52H65N3O9S. The number of sulfonamides is 1. The Hall–Kier alpha value is -4.63. The minimum absolute atomic E-state index is 0.00122. The molecule has 2 fully saturated rings. The molecule has 12 nitrogen and oxygen atoms in total. The van der Waals surface area contributed by atoms with Crippen LogP contribution in [-0.4, -0.2) is 84.7 Å². The maximum atomic E-state index is 15.6. The van der Waals surface area contributed by atoms with Gasteiger partial charge in [0.2, 0.25) is 22.1 Å². The number of ether oxygens (including phenoxy) is 4. The highest BCUT2D eigenvalue weighted by Gasteiger charge is 2.66. The Morgan fingerprint density at radius 2 is 1.75 bits per heavy atom. The van der Waals surface area contributed by atoms with Crippen molar-refractivity contribution >= 4 is 26.6 Å². The number of hydrogen-bond donors (Lipinski definition) is 2. The van der Waals surface area contributed by atoms with Crippen molar-refractivity contribution in [2.75, 3.05) is 33.0 Å². The maximum Gasteiger partial charge on any atom is 0.245 e. The molecule has 0 spiro atoms. The number of aryl methyl sites for hydroxylation is 2. The van der Waals surface area contributed by atoms with Gasteiger partial charge in [0.1, 0.15) is 22.1 Å². The molecule has 348 valence electrons. The molecule has 7 atom stereocenters. The van der Waals surface area contributed by atoms with E-state index in [0.717, 1.165) is 61.0 Å². The van der Waals surface area contributed by atoms with Crippen LogP contribution in [0.4, 0.5) is 0 Å². The second kappa shape index (κ2) is 20.9. The van der Waals surface area contributed by atoms with Crippen LogP contribution in [0.15, 0.2) is 107 Å². The van der Waals surface area contributed by atoms with Gasteiger partial charge in [0.15, 0.2) is 0 Å². The molecule has 13 heteroatoms. The van der Waals surface area contributed by atoms with Crippen molar-refractivity contribution in [2.45, 2.75) is 120 Å². The molecule has 4 aromatic rings. The third kappa shape index (κ3) is 9.64. The van der Waals surface area contributed by atoms with E-state index in [-0.39, 0.29) is 55.4 Å². The average Bonchev–Trinajstić information content (AvgIpc) is 3.32. The van der Waals surface area contributed by atoms with Crippen LogP contribution in [0.1, 0.15) is 100 Å². The molecule has 3 aromatic carbocycles. The molecule has 8 rings (SSSR count). The van der Waals surface area contributed by atoms with Gasteiger partial charge in [-0.05, 0) is 130 Å². The van der Waals surface area contributed by atoms with E-state index in [1.807, 2.05) is 43.3 Å². The highest BCUT2D eigenvalue weighted by atomic mass is 32.2. The van der Waals surface area contributed by atoms with Crippen molar-refractivity contribution in [1.29, 1.82) is 0 Å². The Kier molecular flexibility index (Phi) is 15.1. The van der Waals surface area contributed by atoms with Crippen molar-refractivity contribution in [3.05, 3.63) is 114 Å². The average molecular weight is 908 g/mol. The lowest BCUT2D eigenvalue weighted by Gasteiger charge is -2.59. The van der Waals surface area contributed by atoms with Crippen molar-refractivity contribution in [1.82, 2.24) is 9.29 Å². The fraction of sp³-hybridized carbons (Fsp3) is 0.500. The number of fused-ring (bicyclic) bond motifs is 3. The lowest BCUT2D eigenvalue weighted by Crippen LogP contribution is -2.70. The number of oxime groups is 1. The van der Waals surface area contributed by atoms with Gasteiger partial charge in [0.05, 0.1) is 36.4 Å². The summed E-state index contributed by atoms with van der Waals surface area (Å²) in [5.74, 6) is -0.438. The van der Waals surface area contributed by atoms with Crippen LogP contribution in [0.2, 0.25) is 0 Å². The molecule has 7 unspecified atom stereocenters. The number of aliphatic hydroxyl groups excluding tert-OH is 2. The van der Waals surface area contributed by atoms with E-state index in [1.54, 1.807) is 34.8 Å². The first-order valence-electron chi connectivity index (χ1n) is 23.6. The number of allylic oxidation sites excluding steroid dienone is 1. The highest BCUT2D eigenvalue weighted by Crippen LogP contribution is 2.62. The first-order valence-corrected chi connectivity index (χ1v) is 25.0. The molecule has 1 saturated heterocycles. The summed E-state index contributed by atoms with van der Waals surface area (Å²) in [7, 11) is -4.29. The number of benzene rings is 3. The number of pyridine rings is 1. The predicted molar refractivity (Wildman–Crippen MR) is 252 cm³/mol. The van der Waals surface area contributed by atoms with Crippen molar-refractivity contribution in [2.24, 2.45) is 22.9 Å². The zero-order valence-corrected chi connectivity index (χ0v) is 38.9. The fourth-order valence-corrected chi connectivity index (χ4v) is 12.5. The van der Waals surface area contributed by atoms with E-state index in [4.69, 9.17) is 28.9 Å². The van der Waals surface area contributed by atoms with Gasteiger partial charge >= 0.3 is 0 Å². The summed E-state index contributed by atoms with van der Waals surface area (Å²) in [6.45, 7) is 11.2. The second-order valence-electron chi connectivity index (χ2n) is 18.0. The Bertz CT molecular complexity index is 2460. The van der Waals surface area contributed by atoms with E-state index < -0.39 is 34.1 Å². The largest absolute Gasteiger partial charge is 0.460 e. The third-order valence-corrected chi connectivity index (χ3v) is 15.7. The summed E-state index contributed by atoms with van der Waals surface area (Å²) in [5.41, 5.74) is 5.13. The number of aromatic nitrogens is 1. The number of hydrogen-bond acceptors (Lipinski definition) is 11. The van der Waals surface area contributed by atoms with E-state index in [2.05, 4.69) is 43.6 Å². The summed E-state index contributed by atoms with van der Waals surface area (Å²) >= 11 is 0. The molecule has 65 heavy (non-hydrogen) atoms. The van der Waals surface area contributed by atoms with Crippen LogP contribution in [-0.2, 0) is 24.3 Å². The molecule has 2 aliphatic carbocycles. The van der Waals surface area contributed by atoms with Gasteiger partial charge in [-0.3, -0.25) is 4.98 Å². The van der Waals surface area contributed by atoms with Crippen molar-refractivity contribution in [3.63, 3.8) is 0 Å². The van der Waals surface area contributed by atoms with Gasteiger partial charge in [0.25, 0.3) is 0 Å². The Balaban J connectivity index is 1.37. The molecule has 2 aliphatic heterocycles. The Morgan fingerprint density at radius 1 is 0.969 bits per heavy atom. The molecule has 2 N–H and O–H groups in total. The summed E-state index contributed by atoms with van der Waals surface area (Å²) in [6, 6.07) is 20.0. The number of unbranched alkanes of at least 4 members (excludes halogenated alkanes) is 2. The topological polar surface area (TPSA) is 149 Å². The number of para-hydroxylation sites is 1. The first kappa shape index (κ1) is 46.9. The van der Waals surface area contributed by atoms with Gasteiger partial charge < -0.3 is 34.0 Å². The SMILES string of the molecule is C=CCOC12Oc3ccc(Oc4ccc(C)c(C)c4)cc3C3C(CCCCO)C(CCCCO)C=C(C(=NOC4CCCCO4)CC1N(CCC)S(=O)(=O)c1cccc4cccnc14)C32. The van der Waals surface area contributed by atoms with Gasteiger partial charge in [0, 0.05) is 55.7 Å². The van der Waals surface area contributed by atoms with Crippen LogP contribution in [0, 0.1) is 31.6 Å². The van der Waals surface area contributed by atoms with Gasteiger partial charge in [-0.2, -0.15) is 4.31 Å². The van der Waals surface area contributed by atoms with E-state index in [1.165, 1.54) is 5.56 Å². The molecule has 0 amide bonds. The quantitative estimate of drug-likeness (QED) is 0.0499. The number of rotatable bonds is 20. The zero-order valence-electron chi connectivity index (χ0n) is 38.1. The second-order valence-corrected chi connectivity index (χ2v) is 19.8. The summed E-state index contributed by atoms with van der Waals surface area (Å²) in [4.78, 5) is 11.0. The lowest BCUT2D eigenvalue weighted by molar-refractivity contribution is -0.251. The van der Waals surface area contributed by atoms with Gasteiger partial charge in [-0.25, -0.2) is 8.42 Å². The van der Waals surface area contributed by atoms with Gasteiger partial charge in [-0.1, -0.05) is 61.3 Å². The van der Waals surface area contributed by atoms with Crippen molar-refractivity contribution in [3.8, 4) is 17.2 Å². The molecule has 3 heterocycles. The standard InChI is InChI=1S/C52H65N3O9S/c1-5-26-55(65(58,59)46-19-13-16-37-17-14-25-53-51(37)46)47-34-44(54-64-48-20-9-12-30-60-48)42-32-38(15-7-10-27-56)41(18-8-11-28-57)49-43-33-40(62-39-22-21-35(3)36(4)31-39)23-24-45(43)63-52(47,50(42)49)61-29-6-2/h6,13-14,16-17,19,21-25,31-33,38,41,47-50,56-57H,2,5,7-12,15,18,20,26-30,34H2,1,3-4H3. The first-order chi connectivity index (χ1) is 31.6. The fourth-order valence-electron chi connectivity index (χ4n) is 10.6. The van der Waals surface area contributed by atoms with Crippen LogP contribution in [0.25, 0.3) is 10.9 Å². The maximum absolute atomic E-state index is 15.6. The molecule has 0 bridgehead atoms. The Labute approximate surface area is 384 Å². The van der Waals surface area contributed by atoms with Crippen LogP contribution in [0.3, 0.4) is 0 Å². The minimum Gasteiger partial charge on any atom is -0.460 e. The smallest absolute Gasteiger partial charge is 0.245 e. The van der Waals surface area contributed by atoms with Crippen LogP contribution in [0.5, 0.6) is 17.2 Å².